The Bertz CT molecular complexity index is 369. The summed E-state index contributed by atoms with van der Waals surface area (Å²) < 4.78 is 9.50. The fraction of sp³-hybridized carbons (Fsp3) is 0.500. The van der Waals surface area contributed by atoms with Crippen molar-refractivity contribution < 1.29 is 19.1 Å². The average molecular weight is 282 g/mol. The van der Waals surface area contributed by atoms with Gasteiger partial charge in [-0.25, -0.2) is 9.59 Å². The van der Waals surface area contributed by atoms with E-state index in [4.69, 9.17) is 4.74 Å². The third-order valence-corrected chi connectivity index (χ3v) is 1.98. The Morgan fingerprint density at radius 1 is 0.900 bits per heavy atom. The van der Waals surface area contributed by atoms with Crippen LogP contribution in [-0.2, 0) is 9.47 Å². The number of carbonyl (C=O) groups is 2. The van der Waals surface area contributed by atoms with Crippen molar-refractivity contribution in [3.63, 3.8) is 0 Å². The van der Waals surface area contributed by atoms with E-state index in [0.29, 0.717) is 17.7 Å². The molecule has 4 heteroatoms. The van der Waals surface area contributed by atoms with Crippen molar-refractivity contribution in [2.45, 2.75) is 41.0 Å². The minimum atomic E-state index is -0.423. The van der Waals surface area contributed by atoms with Gasteiger partial charge in [-0.1, -0.05) is 34.6 Å². The summed E-state index contributed by atoms with van der Waals surface area (Å²) in [4.78, 5) is 22.5. The van der Waals surface area contributed by atoms with Crippen LogP contribution in [0.5, 0.6) is 0 Å². The lowest BCUT2D eigenvalue weighted by Crippen LogP contribution is -2.07. The molecule has 4 nitrogen and oxygen atoms in total. The van der Waals surface area contributed by atoms with Crippen LogP contribution in [0.4, 0.5) is 0 Å². The van der Waals surface area contributed by atoms with Gasteiger partial charge in [0.1, 0.15) is 0 Å². The third kappa shape index (κ3) is 7.56. The van der Waals surface area contributed by atoms with Crippen molar-refractivity contribution in [3.8, 4) is 0 Å². The van der Waals surface area contributed by atoms with E-state index in [1.807, 2.05) is 34.6 Å². The van der Waals surface area contributed by atoms with Gasteiger partial charge in [0.15, 0.2) is 0 Å². The van der Waals surface area contributed by atoms with E-state index in [-0.39, 0.29) is 5.97 Å². The summed E-state index contributed by atoms with van der Waals surface area (Å²) in [7, 11) is 1.31. The standard InChI is InChI=1S/C12H14O4.2C2H6/c1-3-8-16-12(14)10-6-4-9(5-7-10)11(13)15-2;2*1-2/h4-7H,3,8H2,1-2H3;2*1-2H3. The van der Waals surface area contributed by atoms with Gasteiger partial charge in [0.05, 0.1) is 24.8 Å². The molecule has 0 saturated heterocycles. The SMILES string of the molecule is CC.CC.CCCOC(=O)c1ccc(C(=O)OC)cc1. The van der Waals surface area contributed by atoms with Crippen molar-refractivity contribution >= 4 is 11.9 Å². The van der Waals surface area contributed by atoms with Crippen molar-refractivity contribution in [3.05, 3.63) is 35.4 Å². The summed E-state index contributed by atoms with van der Waals surface area (Å²) in [5.41, 5.74) is 0.843. The van der Waals surface area contributed by atoms with Crippen LogP contribution in [0, 0.1) is 0 Å². The Balaban J connectivity index is 0. The minimum Gasteiger partial charge on any atom is -0.465 e. The topological polar surface area (TPSA) is 52.6 Å². The molecule has 0 fully saturated rings. The molecule has 0 aliphatic heterocycles. The maximum absolute atomic E-state index is 11.4. The van der Waals surface area contributed by atoms with Crippen LogP contribution in [0.2, 0.25) is 0 Å². The molecule has 0 atom stereocenters. The van der Waals surface area contributed by atoms with E-state index in [1.165, 1.54) is 19.2 Å². The summed E-state index contributed by atoms with van der Waals surface area (Å²) in [6, 6.07) is 6.16. The first kappa shape index (κ1) is 20.5. The molecule has 1 aromatic rings. The number of benzene rings is 1. The summed E-state index contributed by atoms with van der Waals surface area (Å²) in [6.45, 7) is 10.3. The van der Waals surface area contributed by atoms with Gasteiger partial charge in [-0.05, 0) is 30.7 Å². The first-order chi connectivity index (χ1) is 9.69. The summed E-state index contributed by atoms with van der Waals surface area (Å²) in [5.74, 6) is -0.799. The van der Waals surface area contributed by atoms with Gasteiger partial charge in [0.2, 0.25) is 0 Å². The highest BCUT2D eigenvalue weighted by Crippen LogP contribution is 2.07. The molecule has 0 aliphatic rings. The van der Waals surface area contributed by atoms with Crippen LogP contribution in [0.1, 0.15) is 61.8 Å². The quantitative estimate of drug-likeness (QED) is 0.780. The number of hydrogen-bond acceptors (Lipinski definition) is 4. The molecule has 0 aliphatic carbocycles. The molecule has 1 aromatic carbocycles. The molecule has 0 saturated carbocycles. The second-order valence-electron chi connectivity index (χ2n) is 3.20. The smallest absolute Gasteiger partial charge is 0.338 e. The summed E-state index contributed by atoms with van der Waals surface area (Å²) in [5, 5.41) is 0. The maximum atomic E-state index is 11.4. The van der Waals surface area contributed by atoms with Crippen LogP contribution >= 0.6 is 0 Å². The van der Waals surface area contributed by atoms with Gasteiger partial charge in [0, 0.05) is 0 Å². The van der Waals surface area contributed by atoms with Gasteiger partial charge in [-0.2, -0.15) is 0 Å². The van der Waals surface area contributed by atoms with E-state index in [9.17, 15) is 9.59 Å². The molecule has 0 N–H and O–H groups in total. The maximum Gasteiger partial charge on any atom is 0.338 e. The molecule has 114 valence electrons. The van der Waals surface area contributed by atoms with Crippen LogP contribution in [-0.4, -0.2) is 25.7 Å². The molecule has 1 rings (SSSR count). The lowest BCUT2D eigenvalue weighted by molar-refractivity contribution is 0.0503. The number of rotatable bonds is 4. The van der Waals surface area contributed by atoms with Crippen LogP contribution in [0.15, 0.2) is 24.3 Å². The molecule has 0 heterocycles. The summed E-state index contributed by atoms with van der Waals surface area (Å²) >= 11 is 0. The fourth-order valence-electron chi connectivity index (χ4n) is 1.14. The molecule has 0 aromatic heterocycles. The van der Waals surface area contributed by atoms with Crippen molar-refractivity contribution in [1.29, 1.82) is 0 Å². The largest absolute Gasteiger partial charge is 0.465 e. The Morgan fingerprint density at radius 2 is 1.30 bits per heavy atom. The number of hydrogen-bond donors (Lipinski definition) is 0. The fourth-order valence-corrected chi connectivity index (χ4v) is 1.14. The van der Waals surface area contributed by atoms with Gasteiger partial charge in [0.25, 0.3) is 0 Å². The van der Waals surface area contributed by atoms with Crippen LogP contribution in [0.3, 0.4) is 0 Å². The highest BCUT2D eigenvalue weighted by molar-refractivity contribution is 5.93. The predicted molar refractivity (Wildman–Crippen MR) is 81.1 cm³/mol. The van der Waals surface area contributed by atoms with Crippen molar-refractivity contribution in [2.75, 3.05) is 13.7 Å². The molecule has 0 bridgehead atoms. The first-order valence-electron chi connectivity index (χ1n) is 7.04. The zero-order valence-electron chi connectivity index (χ0n) is 13.4. The lowest BCUT2D eigenvalue weighted by Gasteiger charge is -2.03. The Kier molecular flexibility index (Phi) is 13.9. The molecule has 20 heavy (non-hydrogen) atoms. The second-order valence-corrected chi connectivity index (χ2v) is 3.20. The monoisotopic (exact) mass is 282 g/mol. The van der Waals surface area contributed by atoms with Crippen LogP contribution < -0.4 is 0 Å². The Morgan fingerprint density at radius 3 is 1.65 bits per heavy atom. The number of methoxy groups -OCH3 is 1. The summed E-state index contributed by atoms with van der Waals surface area (Å²) in [6.07, 6.45) is 0.784. The van der Waals surface area contributed by atoms with E-state index in [2.05, 4.69) is 4.74 Å². The molecule has 0 unspecified atom stereocenters. The first-order valence-corrected chi connectivity index (χ1v) is 7.04. The highest BCUT2D eigenvalue weighted by atomic mass is 16.5. The highest BCUT2D eigenvalue weighted by Gasteiger charge is 2.09. The Hall–Kier alpha value is -1.84. The zero-order chi connectivity index (χ0) is 16.0. The second kappa shape index (κ2) is 13.6. The number of carbonyl (C=O) groups excluding carboxylic acids is 2. The number of esters is 2. The van der Waals surface area contributed by atoms with E-state index in [1.54, 1.807) is 12.1 Å². The van der Waals surface area contributed by atoms with E-state index in [0.717, 1.165) is 6.42 Å². The minimum absolute atomic E-state index is 0.377. The Labute approximate surface area is 122 Å². The molecular weight excluding hydrogens is 256 g/mol. The van der Waals surface area contributed by atoms with Crippen molar-refractivity contribution in [2.24, 2.45) is 0 Å². The third-order valence-electron chi connectivity index (χ3n) is 1.98. The van der Waals surface area contributed by atoms with Gasteiger partial charge >= 0.3 is 11.9 Å². The van der Waals surface area contributed by atoms with E-state index >= 15 is 0 Å². The van der Waals surface area contributed by atoms with Gasteiger partial charge in [-0.15, -0.1) is 0 Å². The normalized spacial score (nSPS) is 8.30. The zero-order valence-corrected chi connectivity index (χ0v) is 13.4. The lowest BCUT2D eigenvalue weighted by atomic mass is 10.1. The van der Waals surface area contributed by atoms with E-state index < -0.39 is 5.97 Å². The molecule has 0 amide bonds. The van der Waals surface area contributed by atoms with Crippen LogP contribution in [0.25, 0.3) is 0 Å². The molecular formula is C16H26O4. The predicted octanol–water partition coefficient (Wildman–Crippen LogP) is 4.09. The number of ether oxygens (including phenoxy) is 2. The van der Waals surface area contributed by atoms with Gasteiger partial charge < -0.3 is 9.47 Å². The molecule has 0 radical (unpaired) electrons. The average Bonchev–Trinajstić information content (AvgIpc) is 2.55. The van der Waals surface area contributed by atoms with Crippen molar-refractivity contribution in [1.82, 2.24) is 0 Å². The van der Waals surface area contributed by atoms with Gasteiger partial charge in [-0.3, -0.25) is 0 Å². The molecule has 0 spiro atoms.